The van der Waals surface area contributed by atoms with E-state index in [0.29, 0.717) is 19.0 Å². The number of nitrogens with zero attached hydrogens (tertiary/aromatic N) is 1. The average Bonchev–Trinajstić information content (AvgIpc) is 2.91. The lowest BCUT2D eigenvalue weighted by Gasteiger charge is -2.24. The van der Waals surface area contributed by atoms with Crippen LogP contribution in [0.3, 0.4) is 0 Å². The van der Waals surface area contributed by atoms with Crippen LogP contribution in [-0.4, -0.2) is 19.0 Å². The molecule has 3 rings (SSSR count). The van der Waals surface area contributed by atoms with E-state index in [1.807, 2.05) is 4.90 Å². The van der Waals surface area contributed by atoms with Crippen molar-refractivity contribution in [1.82, 2.24) is 0 Å². The molecule has 1 aromatic rings. The summed E-state index contributed by atoms with van der Waals surface area (Å²) in [4.78, 5) is 14.8. The lowest BCUT2D eigenvalue weighted by Crippen LogP contribution is -2.40. The van der Waals surface area contributed by atoms with Crippen molar-refractivity contribution in [3.05, 3.63) is 28.8 Å². The zero-order valence-corrected chi connectivity index (χ0v) is 11.8. The summed E-state index contributed by atoms with van der Waals surface area (Å²) in [5.74, 6) is 0.291. The molecule has 0 unspecified atom stereocenters. The van der Waals surface area contributed by atoms with Gasteiger partial charge in [0.15, 0.2) is 0 Å². The molecule has 3 heteroatoms. The summed E-state index contributed by atoms with van der Waals surface area (Å²) in [5, 5.41) is 0. The van der Waals surface area contributed by atoms with Crippen LogP contribution in [0.5, 0.6) is 0 Å². The first-order chi connectivity index (χ1) is 9.10. The Morgan fingerprint density at radius 2 is 1.95 bits per heavy atom. The molecule has 2 aliphatic rings. The van der Waals surface area contributed by atoms with Gasteiger partial charge in [-0.1, -0.05) is 18.9 Å². The third-order valence-electron chi connectivity index (χ3n) is 4.69. The number of carbonyl (C=O) groups is 1. The van der Waals surface area contributed by atoms with E-state index in [-0.39, 0.29) is 5.41 Å². The Morgan fingerprint density at radius 3 is 2.58 bits per heavy atom. The molecule has 1 heterocycles. The molecule has 1 aliphatic carbocycles. The first-order valence-corrected chi connectivity index (χ1v) is 7.24. The molecule has 0 radical (unpaired) electrons. The Hall–Kier alpha value is -1.35. The van der Waals surface area contributed by atoms with Gasteiger partial charge >= 0.3 is 0 Å². The zero-order valence-electron chi connectivity index (χ0n) is 11.8. The van der Waals surface area contributed by atoms with Crippen LogP contribution in [0.2, 0.25) is 0 Å². The van der Waals surface area contributed by atoms with Gasteiger partial charge in [-0.25, -0.2) is 0 Å². The number of amides is 1. The highest BCUT2D eigenvalue weighted by atomic mass is 16.2. The minimum Gasteiger partial charge on any atom is -0.329 e. The molecule has 3 nitrogen and oxygen atoms in total. The largest absolute Gasteiger partial charge is 0.329 e. The zero-order chi connectivity index (χ0) is 13.6. The number of anilines is 1. The van der Waals surface area contributed by atoms with Crippen LogP contribution in [-0.2, 0) is 10.2 Å². The second-order valence-electron chi connectivity index (χ2n) is 6.01. The molecule has 102 valence electrons. The standard InChI is InChI=1S/C16H22N2O/c1-11-9-12(2)14-13(10-11)18(8-7-17)15(19)16(14)5-3-4-6-16/h9-10H,3-8,17H2,1-2H3. The normalized spacial score (nSPS) is 20.4. The molecule has 0 aromatic heterocycles. The number of rotatable bonds is 2. The third-order valence-corrected chi connectivity index (χ3v) is 4.69. The molecule has 1 fully saturated rings. The number of hydrogen-bond donors (Lipinski definition) is 1. The first kappa shape index (κ1) is 12.7. The third kappa shape index (κ3) is 1.64. The minimum absolute atomic E-state index is 0.234. The molecule has 1 saturated carbocycles. The SMILES string of the molecule is Cc1cc(C)c2c(c1)N(CCN)C(=O)C21CCCC1. The van der Waals surface area contributed by atoms with Gasteiger partial charge < -0.3 is 10.6 Å². The van der Waals surface area contributed by atoms with Crippen LogP contribution in [0, 0.1) is 13.8 Å². The second-order valence-corrected chi connectivity index (χ2v) is 6.01. The Bertz CT molecular complexity index is 530. The van der Waals surface area contributed by atoms with Crippen molar-refractivity contribution in [3.8, 4) is 0 Å². The number of benzene rings is 1. The minimum atomic E-state index is -0.234. The lowest BCUT2D eigenvalue weighted by molar-refractivity contribution is -0.123. The topological polar surface area (TPSA) is 46.3 Å². The maximum absolute atomic E-state index is 12.9. The number of nitrogens with two attached hydrogens (primary N) is 1. The summed E-state index contributed by atoms with van der Waals surface area (Å²) < 4.78 is 0. The fourth-order valence-electron chi connectivity index (χ4n) is 4.05. The molecule has 19 heavy (non-hydrogen) atoms. The molecule has 1 aliphatic heterocycles. The van der Waals surface area contributed by atoms with Gasteiger partial charge in [0, 0.05) is 18.8 Å². The van der Waals surface area contributed by atoms with E-state index in [1.165, 1.54) is 16.7 Å². The second kappa shape index (κ2) is 4.34. The Morgan fingerprint density at radius 1 is 1.26 bits per heavy atom. The van der Waals surface area contributed by atoms with E-state index in [0.717, 1.165) is 31.4 Å². The molecule has 0 atom stereocenters. The number of hydrogen-bond acceptors (Lipinski definition) is 2. The van der Waals surface area contributed by atoms with Crippen LogP contribution < -0.4 is 10.6 Å². The predicted octanol–water partition coefficient (Wildman–Crippen LogP) is 2.42. The molecular weight excluding hydrogens is 236 g/mol. The van der Waals surface area contributed by atoms with E-state index in [1.54, 1.807) is 0 Å². The fourth-order valence-corrected chi connectivity index (χ4v) is 4.05. The highest BCUT2D eigenvalue weighted by molar-refractivity contribution is 6.09. The summed E-state index contributed by atoms with van der Waals surface area (Å²) in [7, 11) is 0. The summed E-state index contributed by atoms with van der Waals surface area (Å²) in [5.41, 5.74) is 10.4. The van der Waals surface area contributed by atoms with Crippen molar-refractivity contribution in [2.45, 2.75) is 44.9 Å². The predicted molar refractivity (Wildman–Crippen MR) is 77.5 cm³/mol. The summed E-state index contributed by atoms with van der Waals surface area (Å²) in [6.45, 7) is 5.40. The van der Waals surface area contributed by atoms with Crippen LogP contribution in [0.1, 0.15) is 42.4 Å². The van der Waals surface area contributed by atoms with E-state index in [4.69, 9.17) is 5.73 Å². The number of fused-ring (bicyclic) bond motifs is 2. The molecule has 2 N–H and O–H groups in total. The van der Waals surface area contributed by atoms with Crippen LogP contribution in [0.25, 0.3) is 0 Å². The maximum atomic E-state index is 12.9. The molecule has 0 bridgehead atoms. The van der Waals surface area contributed by atoms with E-state index < -0.39 is 0 Å². The summed E-state index contributed by atoms with van der Waals surface area (Å²) in [6, 6.07) is 4.36. The van der Waals surface area contributed by atoms with Gasteiger partial charge in [0.2, 0.25) is 5.91 Å². The van der Waals surface area contributed by atoms with Gasteiger partial charge in [0.1, 0.15) is 0 Å². The molecule has 1 amide bonds. The molecule has 0 saturated heterocycles. The summed E-state index contributed by atoms with van der Waals surface area (Å²) >= 11 is 0. The Kier molecular flexibility index (Phi) is 2.90. The van der Waals surface area contributed by atoms with Gasteiger partial charge in [0.25, 0.3) is 0 Å². The summed E-state index contributed by atoms with van der Waals surface area (Å²) in [6.07, 6.45) is 4.33. The highest BCUT2D eigenvalue weighted by Crippen LogP contribution is 2.52. The molecule has 1 spiro atoms. The van der Waals surface area contributed by atoms with Gasteiger partial charge in [-0.05, 0) is 49.4 Å². The smallest absolute Gasteiger partial charge is 0.237 e. The Labute approximate surface area is 114 Å². The molecule has 1 aromatic carbocycles. The molecular formula is C16H22N2O. The van der Waals surface area contributed by atoms with Crippen molar-refractivity contribution in [3.63, 3.8) is 0 Å². The van der Waals surface area contributed by atoms with Crippen molar-refractivity contribution in [2.75, 3.05) is 18.0 Å². The van der Waals surface area contributed by atoms with Crippen molar-refractivity contribution >= 4 is 11.6 Å². The Balaban J connectivity index is 2.21. The van der Waals surface area contributed by atoms with Gasteiger partial charge in [-0.3, -0.25) is 4.79 Å². The average molecular weight is 258 g/mol. The van der Waals surface area contributed by atoms with Crippen LogP contribution in [0.15, 0.2) is 12.1 Å². The van der Waals surface area contributed by atoms with Crippen molar-refractivity contribution < 1.29 is 4.79 Å². The highest BCUT2D eigenvalue weighted by Gasteiger charge is 2.52. The van der Waals surface area contributed by atoms with Crippen LogP contribution in [0.4, 0.5) is 5.69 Å². The fraction of sp³-hybridized carbons (Fsp3) is 0.562. The van der Waals surface area contributed by atoms with Gasteiger partial charge in [-0.2, -0.15) is 0 Å². The first-order valence-electron chi connectivity index (χ1n) is 7.24. The van der Waals surface area contributed by atoms with E-state index >= 15 is 0 Å². The van der Waals surface area contributed by atoms with E-state index in [2.05, 4.69) is 26.0 Å². The quantitative estimate of drug-likeness (QED) is 0.885. The monoisotopic (exact) mass is 258 g/mol. The van der Waals surface area contributed by atoms with Crippen LogP contribution >= 0.6 is 0 Å². The van der Waals surface area contributed by atoms with Gasteiger partial charge in [0.05, 0.1) is 5.41 Å². The van der Waals surface area contributed by atoms with Crippen molar-refractivity contribution in [2.24, 2.45) is 5.73 Å². The maximum Gasteiger partial charge on any atom is 0.237 e. The lowest BCUT2D eigenvalue weighted by atomic mass is 9.78. The van der Waals surface area contributed by atoms with Crippen molar-refractivity contribution in [1.29, 1.82) is 0 Å². The van der Waals surface area contributed by atoms with Gasteiger partial charge in [-0.15, -0.1) is 0 Å². The number of aryl methyl sites for hydroxylation is 2. The number of carbonyl (C=O) groups excluding carboxylic acids is 1. The van der Waals surface area contributed by atoms with E-state index in [9.17, 15) is 4.79 Å².